The Bertz CT molecular complexity index is 1070. The lowest BCUT2D eigenvalue weighted by Crippen LogP contribution is -2.21. The van der Waals surface area contributed by atoms with Gasteiger partial charge in [0.1, 0.15) is 4.90 Å². The molecular weight excluding hydrogens is 460 g/mol. The van der Waals surface area contributed by atoms with E-state index in [9.17, 15) is 31.2 Å². The van der Waals surface area contributed by atoms with Crippen LogP contribution in [0.1, 0.15) is 15.9 Å². The number of benzene rings is 2. The standard InChI is InChI=1S/C16H11Cl2F3N2O5S/c17-11-4-2-9(6-10(11)16(19,20)21)23-14(24)7-28-15(25)8-1-3-12(18)13(5-8)29(22,26)27/h1-6H,7H2,(H,23,24)(H2,22,26,27). The fourth-order valence-electron chi connectivity index (χ4n) is 2.08. The summed E-state index contributed by atoms with van der Waals surface area (Å²) in [5.41, 5.74) is -1.62. The van der Waals surface area contributed by atoms with Gasteiger partial charge in [-0.1, -0.05) is 23.2 Å². The fourth-order valence-corrected chi connectivity index (χ4v) is 3.38. The molecule has 0 radical (unpaired) electrons. The van der Waals surface area contributed by atoms with Crippen molar-refractivity contribution in [2.75, 3.05) is 11.9 Å². The topological polar surface area (TPSA) is 116 Å². The van der Waals surface area contributed by atoms with E-state index in [1.807, 2.05) is 0 Å². The fraction of sp³-hybridized carbons (Fsp3) is 0.125. The molecule has 0 saturated carbocycles. The maximum absolute atomic E-state index is 12.8. The molecule has 0 unspecified atom stereocenters. The van der Waals surface area contributed by atoms with Crippen molar-refractivity contribution >= 4 is 50.8 Å². The van der Waals surface area contributed by atoms with Gasteiger partial charge in [0.25, 0.3) is 5.91 Å². The number of primary sulfonamides is 1. The summed E-state index contributed by atoms with van der Waals surface area (Å²) < 4.78 is 66.0. The van der Waals surface area contributed by atoms with E-state index in [2.05, 4.69) is 5.32 Å². The Balaban J connectivity index is 2.06. The zero-order valence-electron chi connectivity index (χ0n) is 14.1. The first-order chi connectivity index (χ1) is 13.3. The first-order valence-corrected chi connectivity index (χ1v) is 9.75. The number of nitrogens with two attached hydrogens (primary N) is 1. The molecule has 0 bridgehead atoms. The summed E-state index contributed by atoms with van der Waals surface area (Å²) >= 11 is 11.2. The van der Waals surface area contributed by atoms with Crippen molar-refractivity contribution < 1.29 is 35.9 Å². The van der Waals surface area contributed by atoms with Gasteiger partial charge in [0.05, 0.1) is 21.2 Å². The Labute approximate surface area is 172 Å². The Morgan fingerprint density at radius 1 is 1.07 bits per heavy atom. The molecule has 0 aliphatic rings. The quantitative estimate of drug-likeness (QED) is 0.649. The number of carbonyl (C=O) groups excluding carboxylic acids is 2. The number of nitrogens with one attached hydrogen (secondary N) is 1. The molecular formula is C16H11Cl2F3N2O5S. The summed E-state index contributed by atoms with van der Waals surface area (Å²) in [5.74, 6) is -2.01. The smallest absolute Gasteiger partial charge is 0.417 e. The molecule has 0 heterocycles. The maximum atomic E-state index is 12.8. The van der Waals surface area contributed by atoms with Gasteiger partial charge >= 0.3 is 12.1 Å². The molecule has 0 spiro atoms. The first-order valence-electron chi connectivity index (χ1n) is 7.45. The van der Waals surface area contributed by atoms with E-state index < -0.39 is 50.2 Å². The van der Waals surface area contributed by atoms with Crippen LogP contribution in [0.15, 0.2) is 41.3 Å². The third-order valence-electron chi connectivity index (χ3n) is 3.36. The van der Waals surface area contributed by atoms with Gasteiger partial charge in [-0.25, -0.2) is 18.4 Å². The molecule has 0 atom stereocenters. The number of amides is 1. The third-order valence-corrected chi connectivity index (χ3v) is 5.09. The molecule has 0 aliphatic heterocycles. The lowest BCUT2D eigenvalue weighted by molar-refractivity contribution is -0.137. The highest BCUT2D eigenvalue weighted by molar-refractivity contribution is 7.89. The van der Waals surface area contributed by atoms with Crippen molar-refractivity contribution in [2.24, 2.45) is 5.14 Å². The van der Waals surface area contributed by atoms with Crippen molar-refractivity contribution in [1.29, 1.82) is 0 Å². The van der Waals surface area contributed by atoms with Crippen LogP contribution < -0.4 is 10.5 Å². The average molecular weight is 471 g/mol. The predicted molar refractivity (Wildman–Crippen MR) is 98.2 cm³/mol. The van der Waals surface area contributed by atoms with Crippen LogP contribution in [0.2, 0.25) is 10.0 Å². The number of rotatable bonds is 5. The Kier molecular flexibility index (Phi) is 6.78. The second-order valence-corrected chi connectivity index (χ2v) is 7.85. The number of alkyl halides is 3. The first kappa shape index (κ1) is 22.9. The lowest BCUT2D eigenvalue weighted by Gasteiger charge is -2.12. The molecule has 0 saturated heterocycles. The van der Waals surface area contributed by atoms with Gasteiger partial charge in [-0.3, -0.25) is 4.79 Å². The van der Waals surface area contributed by atoms with Crippen LogP contribution in [0.5, 0.6) is 0 Å². The third kappa shape index (κ3) is 6.07. The molecule has 29 heavy (non-hydrogen) atoms. The van der Waals surface area contributed by atoms with Gasteiger partial charge in [0.2, 0.25) is 10.0 Å². The maximum Gasteiger partial charge on any atom is 0.417 e. The molecule has 156 valence electrons. The Hall–Kier alpha value is -2.34. The van der Waals surface area contributed by atoms with Gasteiger partial charge in [0.15, 0.2) is 6.61 Å². The Morgan fingerprint density at radius 2 is 1.69 bits per heavy atom. The van der Waals surface area contributed by atoms with E-state index in [1.165, 1.54) is 0 Å². The van der Waals surface area contributed by atoms with Crippen molar-refractivity contribution in [3.63, 3.8) is 0 Å². The minimum Gasteiger partial charge on any atom is -0.452 e. The van der Waals surface area contributed by atoms with Crippen LogP contribution in [0, 0.1) is 0 Å². The summed E-state index contributed by atoms with van der Waals surface area (Å²) in [4.78, 5) is 23.3. The summed E-state index contributed by atoms with van der Waals surface area (Å²) in [5, 5.41) is 6.33. The van der Waals surface area contributed by atoms with Gasteiger partial charge < -0.3 is 10.1 Å². The molecule has 2 aromatic carbocycles. The minimum absolute atomic E-state index is 0.217. The van der Waals surface area contributed by atoms with Crippen molar-refractivity contribution in [3.8, 4) is 0 Å². The molecule has 7 nitrogen and oxygen atoms in total. The summed E-state index contributed by atoms with van der Waals surface area (Å²) in [7, 11) is -4.20. The second kappa shape index (κ2) is 8.57. The minimum atomic E-state index is -4.72. The lowest BCUT2D eigenvalue weighted by atomic mass is 10.2. The summed E-state index contributed by atoms with van der Waals surface area (Å²) in [6, 6.07) is 5.83. The van der Waals surface area contributed by atoms with E-state index in [0.717, 1.165) is 30.3 Å². The number of hydrogen-bond acceptors (Lipinski definition) is 5. The van der Waals surface area contributed by atoms with E-state index >= 15 is 0 Å². The highest BCUT2D eigenvalue weighted by Crippen LogP contribution is 2.36. The zero-order valence-corrected chi connectivity index (χ0v) is 16.4. The summed E-state index contributed by atoms with van der Waals surface area (Å²) in [6.07, 6.45) is -4.72. The SMILES string of the molecule is NS(=O)(=O)c1cc(C(=O)OCC(=O)Nc2ccc(Cl)c(C(F)(F)F)c2)ccc1Cl. The number of sulfonamides is 1. The van der Waals surface area contributed by atoms with Gasteiger partial charge in [-0.05, 0) is 36.4 Å². The molecule has 0 aliphatic carbocycles. The number of carbonyl (C=O) groups is 2. The zero-order chi connectivity index (χ0) is 22.0. The van der Waals surface area contributed by atoms with Gasteiger partial charge in [-0.2, -0.15) is 13.2 Å². The molecule has 2 aromatic rings. The predicted octanol–water partition coefficient (Wildman–Crippen LogP) is 3.46. The molecule has 3 N–H and O–H groups in total. The van der Waals surface area contributed by atoms with Crippen LogP contribution in [0.4, 0.5) is 18.9 Å². The van der Waals surface area contributed by atoms with Gasteiger partial charge in [-0.15, -0.1) is 0 Å². The second-order valence-electron chi connectivity index (χ2n) is 5.51. The highest BCUT2D eigenvalue weighted by atomic mass is 35.5. The van der Waals surface area contributed by atoms with Gasteiger partial charge in [0, 0.05) is 5.69 Å². The molecule has 13 heteroatoms. The average Bonchev–Trinajstić information content (AvgIpc) is 2.59. The largest absolute Gasteiger partial charge is 0.452 e. The van der Waals surface area contributed by atoms with Crippen LogP contribution in [-0.2, 0) is 25.7 Å². The van der Waals surface area contributed by atoms with Crippen LogP contribution >= 0.6 is 23.2 Å². The number of ether oxygens (including phenoxy) is 1. The number of anilines is 1. The molecule has 1 amide bonds. The van der Waals surface area contributed by atoms with Crippen LogP contribution in [0.3, 0.4) is 0 Å². The van der Waals surface area contributed by atoms with Crippen molar-refractivity contribution in [3.05, 3.63) is 57.6 Å². The van der Waals surface area contributed by atoms with Crippen LogP contribution in [0.25, 0.3) is 0 Å². The molecule has 0 aromatic heterocycles. The molecule has 2 rings (SSSR count). The van der Waals surface area contributed by atoms with Crippen molar-refractivity contribution in [1.82, 2.24) is 0 Å². The normalized spacial score (nSPS) is 11.8. The molecule has 0 fully saturated rings. The Morgan fingerprint density at radius 3 is 2.28 bits per heavy atom. The summed E-state index contributed by atoms with van der Waals surface area (Å²) in [6.45, 7) is -0.851. The van der Waals surface area contributed by atoms with Crippen LogP contribution in [-0.4, -0.2) is 26.9 Å². The van der Waals surface area contributed by atoms with Crippen molar-refractivity contribution in [2.45, 2.75) is 11.1 Å². The highest BCUT2D eigenvalue weighted by Gasteiger charge is 2.33. The van der Waals surface area contributed by atoms with E-state index in [-0.39, 0.29) is 16.3 Å². The van der Waals surface area contributed by atoms with E-state index in [0.29, 0.717) is 6.07 Å². The number of hydrogen-bond donors (Lipinski definition) is 2. The number of halogens is 5. The van der Waals surface area contributed by atoms with E-state index in [1.54, 1.807) is 0 Å². The number of esters is 1. The monoisotopic (exact) mass is 470 g/mol. The van der Waals surface area contributed by atoms with E-state index in [4.69, 9.17) is 33.1 Å².